The molecule has 0 aliphatic carbocycles. The molecule has 3 aromatic rings. The van der Waals surface area contributed by atoms with Crippen molar-refractivity contribution in [1.82, 2.24) is 14.5 Å². The molecule has 6 nitrogen and oxygen atoms in total. The summed E-state index contributed by atoms with van der Waals surface area (Å²) in [6.07, 6.45) is 1.74. The Bertz CT molecular complexity index is 1160. The number of amides is 1. The van der Waals surface area contributed by atoms with Crippen LogP contribution in [0, 0.1) is 0 Å². The van der Waals surface area contributed by atoms with Gasteiger partial charge in [0.25, 0.3) is 5.56 Å². The summed E-state index contributed by atoms with van der Waals surface area (Å²) in [4.78, 5) is 32.7. The van der Waals surface area contributed by atoms with E-state index in [9.17, 15) is 9.59 Å². The average molecular weight is 452 g/mol. The molecule has 168 valence electrons. The summed E-state index contributed by atoms with van der Waals surface area (Å²) < 4.78 is 7.32. The van der Waals surface area contributed by atoms with E-state index >= 15 is 0 Å². The van der Waals surface area contributed by atoms with Crippen LogP contribution in [0.25, 0.3) is 10.9 Å². The first-order valence-corrected chi connectivity index (χ1v) is 12.1. The van der Waals surface area contributed by atoms with E-state index in [1.807, 2.05) is 49.1 Å². The van der Waals surface area contributed by atoms with Crippen LogP contribution in [0.4, 0.5) is 0 Å². The Labute approximate surface area is 192 Å². The number of para-hydroxylation sites is 1. The normalized spacial score (nSPS) is 13.5. The van der Waals surface area contributed by atoms with E-state index < -0.39 is 0 Å². The lowest BCUT2D eigenvalue weighted by molar-refractivity contribution is -0.129. The molecule has 32 heavy (non-hydrogen) atoms. The molecule has 0 atom stereocenters. The topological polar surface area (TPSA) is 64.4 Å². The highest BCUT2D eigenvalue weighted by molar-refractivity contribution is 7.99. The molecular weight excluding hydrogens is 422 g/mol. The third-order valence-corrected chi connectivity index (χ3v) is 6.57. The number of ether oxygens (including phenoxy) is 1. The highest BCUT2D eigenvalue weighted by Gasteiger charge is 2.21. The molecule has 1 amide bonds. The van der Waals surface area contributed by atoms with Gasteiger partial charge in [0.05, 0.1) is 22.8 Å². The van der Waals surface area contributed by atoms with Crippen molar-refractivity contribution < 1.29 is 9.53 Å². The second kappa shape index (κ2) is 10.3. The van der Waals surface area contributed by atoms with E-state index in [-0.39, 0.29) is 23.3 Å². The number of thioether (sulfide) groups is 1. The van der Waals surface area contributed by atoms with Gasteiger partial charge in [0, 0.05) is 26.2 Å². The van der Waals surface area contributed by atoms with E-state index in [0.717, 1.165) is 13.0 Å². The molecule has 0 bridgehead atoms. The lowest BCUT2D eigenvalue weighted by atomic mass is 10.00. The second-order valence-electron chi connectivity index (χ2n) is 8.26. The SMILES string of the molecule is CC(C)OCCCn1c(SCC(=O)N2CCc3ccccc3C2)nc2ccccc2c1=O. The molecular formula is C25H29N3O3S. The minimum Gasteiger partial charge on any atom is -0.379 e. The zero-order chi connectivity index (χ0) is 22.5. The lowest BCUT2D eigenvalue weighted by Gasteiger charge is -2.28. The molecule has 0 N–H and O–H groups in total. The summed E-state index contributed by atoms with van der Waals surface area (Å²) in [5.74, 6) is 0.330. The maximum atomic E-state index is 13.1. The predicted octanol–water partition coefficient (Wildman–Crippen LogP) is 3.89. The highest BCUT2D eigenvalue weighted by Crippen LogP contribution is 2.22. The fourth-order valence-corrected chi connectivity index (χ4v) is 4.85. The third-order valence-electron chi connectivity index (χ3n) is 5.61. The van der Waals surface area contributed by atoms with Gasteiger partial charge < -0.3 is 9.64 Å². The molecule has 2 heterocycles. The molecule has 7 heteroatoms. The van der Waals surface area contributed by atoms with Crippen LogP contribution in [0.3, 0.4) is 0 Å². The van der Waals surface area contributed by atoms with Gasteiger partial charge in [-0.25, -0.2) is 4.98 Å². The van der Waals surface area contributed by atoms with Crippen LogP contribution in [0.15, 0.2) is 58.5 Å². The molecule has 0 saturated carbocycles. The monoisotopic (exact) mass is 451 g/mol. The molecule has 4 rings (SSSR count). The van der Waals surface area contributed by atoms with Crippen molar-refractivity contribution >= 4 is 28.6 Å². The Kier molecular flexibility index (Phi) is 7.27. The van der Waals surface area contributed by atoms with Crippen molar-refractivity contribution in [2.24, 2.45) is 0 Å². The van der Waals surface area contributed by atoms with Crippen LogP contribution in [-0.4, -0.2) is 45.4 Å². The Balaban J connectivity index is 1.49. The van der Waals surface area contributed by atoms with Crippen LogP contribution in [0.5, 0.6) is 0 Å². The van der Waals surface area contributed by atoms with Crippen LogP contribution in [0.1, 0.15) is 31.4 Å². The van der Waals surface area contributed by atoms with Gasteiger partial charge in [-0.2, -0.15) is 0 Å². The fraction of sp³-hybridized carbons (Fsp3) is 0.400. The van der Waals surface area contributed by atoms with Gasteiger partial charge >= 0.3 is 0 Å². The van der Waals surface area contributed by atoms with Crippen LogP contribution < -0.4 is 5.56 Å². The summed E-state index contributed by atoms with van der Waals surface area (Å²) in [5.41, 5.74) is 3.12. The maximum absolute atomic E-state index is 13.1. The van der Waals surface area contributed by atoms with Crippen molar-refractivity contribution in [3.63, 3.8) is 0 Å². The van der Waals surface area contributed by atoms with Gasteiger partial charge in [-0.3, -0.25) is 14.2 Å². The number of hydrogen-bond donors (Lipinski definition) is 0. The minimum atomic E-state index is -0.0676. The standard InChI is InChI=1S/C25H29N3O3S/c1-18(2)31-15-7-13-28-24(30)21-10-5-6-11-22(21)26-25(28)32-17-23(29)27-14-12-19-8-3-4-9-20(19)16-27/h3-6,8-11,18H,7,12-17H2,1-2H3. The molecule has 1 aliphatic rings. The molecule has 0 saturated heterocycles. The van der Waals surface area contributed by atoms with E-state index in [2.05, 4.69) is 12.1 Å². The van der Waals surface area contributed by atoms with Crippen LogP contribution >= 0.6 is 11.8 Å². The predicted molar refractivity (Wildman–Crippen MR) is 128 cm³/mol. The molecule has 1 aromatic heterocycles. The largest absolute Gasteiger partial charge is 0.379 e. The summed E-state index contributed by atoms with van der Waals surface area (Å²) in [7, 11) is 0. The molecule has 0 radical (unpaired) electrons. The van der Waals surface area contributed by atoms with E-state index in [1.54, 1.807) is 10.6 Å². The smallest absolute Gasteiger partial charge is 0.262 e. The van der Waals surface area contributed by atoms with Gasteiger partial charge in [-0.15, -0.1) is 0 Å². The lowest BCUT2D eigenvalue weighted by Crippen LogP contribution is -2.37. The third kappa shape index (κ3) is 5.22. The number of rotatable bonds is 8. The molecule has 2 aromatic carbocycles. The molecule has 0 unspecified atom stereocenters. The summed E-state index contributed by atoms with van der Waals surface area (Å²) >= 11 is 1.34. The zero-order valence-electron chi connectivity index (χ0n) is 18.6. The van der Waals surface area contributed by atoms with E-state index in [0.29, 0.717) is 42.2 Å². The van der Waals surface area contributed by atoms with Gasteiger partial charge in [-0.1, -0.05) is 48.2 Å². The number of fused-ring (bicyclic) bond motifs is 2. The van der Waals surface area contributed by atoms with Gasteiger partial charge in [0.15, 0.2) is 5.16 Å². The summed E-state index contributed by atoms with van der Waals surface area (Å²) in [6, 6.07) is 15.6. The number of carbonyl (C=O) groups is 1. The van der Waals surface area contributed by atoms with Gasteiger partial charge in [-0.05, 0) is 49.9 Å². The van der Waals surface area contributed by atoms with Crippen molar-refractivity contribution in [3.05, 3.63) is 70.0 Å². The Morgan fingerprint density at radius 1 is 1.12 bits per heavy atom. The second-order valence-corrected chi connectivity index (χ2v) is 9.21. The number of benzene rings is 2. The van der Waals surface area contributed by atoms with Crippen molar-refractivity contribution in [1.29, 1.82) is 0 Å². The number of nitrogens with zero attached hydrogens (tertiary/aromatic N) is 3. The molecule has 0 spiro atoms. The van der Waals surface area contributed by atoms with E-state index in [4.69, 9.17) is 9.72 Å². The first-order valence-electron chi connectivity index (χ1n) is 11.1. The number of hydrogen-bond acceptors (Lipinski definition) is 5. The highest BCUT2D eigenvalue weighted by atomic mass is 32.2. The van der Waals surface area contributed by atoms with Crippen LogP contribution in [0.2, 0.25) is 0 Å². The van der Waals surface area contributed by atoms with Crippen molar-refractivity contribution in [2.45, 2.75) is 51.0 Å². The number of carbonyl (C=O) groups excluding carboxylic acids is 1. The Hall–Kier alpha value is -2.64. The maximum Gasteiger partial charge on any atom is 0.262 e. The van der Waals surface area contributed by atoms with Gasteiger partial charge in [0.2, 0.25) is 5.91 Å². The molecule has 0 fully saturated rings. The fourth-order valence-electron chi connectivity index (χ4n) is 3.92. The van der Waals surface area contributed by atoms with Gasteiger partial charge in [0.1, 0.15) is 0 Å². The molecule has 1 aliphatic heterocycles. The Morgan fingerprint density at radius 2 is 1.88 bits per heavy atom. The first-order chi connectivity index (χ1) is 15.5. The quantitative estimate of drug-likeness (QED) is 0.295. The summed E-state index contributed by atoms with van der Waals surface area (Å²) in [5, 5.41) is 1.18. The van der Waals surface area contributed by atoms with Crippen molar-refractivity contribution in [3.8, 4) is 0 Å². The first kappa shape index (κ1) is 22.6. The minimum absolute atomic E-state index is 0.0676. The van der Waals surface area contributed by atoms with E-state index in [1.165, 1.54) is 22.9 Å². The number of aromatic nitrogens is 2. The zero-order valence-corrected chi connectivity index (χ0v) is 19.4. The Morgan fingerprint density at radius 3 is 2.69 bits per heavy atom. The average Bonchev–Trinajstić information content (AvgIpc) is 2.81. The van der Waals surface area contributed by atoms with Crippen LogP contribution in [-0.2, 0) is 29.0 Å². The summed E-state index contributed by atoms with van der Waals surface area (Å²) in [6.45, 7) is 6.44. The van der Waals surface area contributed by atoms with Crippen molar-refractivity contribution in [2.75, 3.05) is 18.9 Å².